The molecule has 1 saturated heterocycles. The van der Waals surface area contributed by atoms with Crippen molar-refractivity contribution in [3.05, 3.63) is 128 Å². The van der Waals surface area contributed by atoms with E-state index in [1.807, 2.05) is 103 Å². The monoisotopic (exact) mass is 761 g/mol. The maximum atomic E-state index is 13.8. The number of nitrogens with zero attached hydrogens (tertiary/aromatic N) is 3. The molecule has 244 valence electrons. The van der Waals surface area contributed by atoms with Gasteiger partial charge in [0.15, 0.2) is 4.32 Å². The molecule has 1 amide bonds. The highest BCUT2D eigenvalue weighted by Crippen LogP contribution is 2.49. The number of fused-ring (bicyclic) bond motifs is 1. The molecular weight excluding hydrogens is 731 g/mol. The molecule has 0 N–H and O–H groups in total. The lowest BCUT2D eigenvalue weighted by Crippen LogP contribution is -2.32. The first-order valence-electron chi connectivity index (χ1n) is 14.8. The Hall–Kier alpha value is -2.84. The predicted molar refractivity (Wildman–Crippen MR) is 219 cm³/mol. The first-order chi connectivity index (χ1) is 23.4. The third-order valence-corrected chi connectivity index (χ3v) is 13.4. The normalized spacial score (nSPS) is 17.2. The molecular formula is C36H31N3O2S7. The number of benzene rings is 3. The number of carbonyl (C=O) groups is 1. The lowest BCUT2D eigenvalue weighted by atomic mass is 10.3. The number of thiocarbonyl (C=S) groups is 1. The van der Waals surface area contributed by atoms with Gasteiger partial charge in [0, 0.05) is 27.0 Å². The number of amides is 1. The molecule has 0 spiro atoms. The van der Waals surface area contributed by atoms with Gasteiger partial charge in [0.25, 0.3) is 11.5 Å². The fourth-order valence-electron chi connectivity index (χ4n) is 5.13. The van der Waals surface area contributed by atoms with Crippen LogP contribution in [0.3, 0.4) is 0 Å². The number of hydrogen-bond donors (Lipinski definition) is 0. The number of aromatic nitrogens is 1. The molecule has 0 unspecified atom stereocenters. The summed E-state index contributed by atoms with van der Waals surface area (Å²) in [6, 6.07) is 23.4. The second-order valence-electron chi connectivity index (χ2n) is 10.3. The number of carbonyl (C=O) groups excluding carboxylic acids is 1. The van der Waals surface area contributed by atoms with E-state index in [0.29, 0.717) is 29.8 Å². The van der Waals surface area contributed by atoms with Gasteiger partial charge >= 0.3 is 0 Å². The summed E-state index contributed by atoms with van der Waals surface area (Å²) in [4.78, 5) is 35.8. The minimum atomic E-state index is -0.229. The Balaban J connectivity index is 1.30. The van der Waals surface area contributed by atoms with Crippen LogP contribution in [0.2, 0.25) is 0 Å². The summed E-state index contributed by atoms with van der Waals surface area (Å²) in [5.74, 6) is 0.810. The molecule has 0 radical (unpaired) electrons. The summed E-state index contributed by atoms with van der Waals surface area (Å²) in [6.07, 6.45) is 18.2. The second kappa shape index (κ2) is 16.2. The standard InChI is InChI=1S/C36H31N3O2S7/c1-43-21-20-37-26-22-29(44-2)30(45-3)23-28(26)46-31(37)19-13-5-4-12-18-27-33(40)38(24-14-8-6-9-15-24)35(47-27)32-34(41)39(36(42)48-32)25-16-10-7-11-17-25/h4-19,22-23H,20-21H2,1-3H3/b12-4-,13-5-,27-18-,31-19+,35-32-. The Labute approximate surface area is 311 Å². The van der Waals surface area contributed by atoms with Crippen LogP contribution in [0.15, 0.2) is 128 Å². The van der Waals surface area contributed by atoms with Gasteiger partial charge in [-0.3, -0.25) is 19.1 Å². The number of thioether (sulfide) groups is 5. The van der Waals surface area contributed by atoms with Crippen LogP contribution in [0.1, 0.15) is 0 Å². The molecule has 1 aromatic heterocycles. The van der Waals surface area contributed by atoms with Crippen molar-refractivity contribution in [2.24, 2.45) is 0 Å². The van der Waals surface area contributed by atoms with Gasteiger partial charge in [0.05, 0.1) is 26.6 Å². The Morgan fingerprint density at radius 1 is 0.792 bits per heavy atom. The van der Waals surface area contributed by atoms with Gasteiger partial charge in [-0.05, 0) is 67.3 Å². The number of thiazole rings is 1. The molecule has 1 fully saturated rings. The molecule has 3 heterocycles. The molecule has 5 nitrogen and oxygen atoms in total. The summed E-state index contributed by atoms with van der Waals surface area (Å²) >= 11 is 15.4. The van der Waals surface area contributed by atoms with Crippen LogP contribution in [0.5, 0.6) is 0 Å². The molecule has 3 aromatic carbocycles. The molecule has 0 saturated carbocycles. The molecule has 0 bridgehead atoms. The Morgan fingerprint density at radius 2 is 1.44 bits per heavy atom. The van der Waals surface area contributed by atoms with Crippen LogP contribution in [-0.2, 0) is 4.79 Å². The SMILES string of the molecule is CSCCN1\C(=C/C=C\C=C/C=c2\s/c(=C3\SC(=S)N(c4ccccc4)C3=O)n(-c3ccccc3)c2=O)Sc2cc(SC)c(SC)cc21. The van der Waals surface area contributed by atoms with Crippen LogP contribution in [0, 0.1) is 0 Å². The van der Waals surface area contributed by atoms with Crippen molar-refractivity contribution < 1.29 is 4.79 Å². The minimum absolute atomic E-state index is 0.180. The van der Waals surface area contributed by atoms with Crippen molar-refractivity contribution in [3.8, 4) is 5.69 Å². The van der Waals surface area contributed by atoms with Gasteiger partial charge in [0.1, 0.15) is 9.57 Å². The summed E-state index contributed by atoms with van der Waals surface area (Å²) in [5.41, 5.74) is 2.50. The zero-order chi connectivity index (χ0) is 33.6. The molecule has 48 heavy (non-hydrogen) atoms. The fraction of sp³-hybridized carbons (Fsp3) is 0.139. The van der Waals surface area contributed by atoms with E-state index in [0.717, 1.165) is 12.3 Å². The molecule has 2 aliphatic rings. The summed E-state index contributed by atoms with van der Waals surface area (Å²) in [5, 5.41) is 1.20. The van der Waals surface area contributed by atoms with Crippen molar-refractivity contribution in [1.82, 2.24) is 4.57 Å². The molecule has 0 atom stereocenters. The summed E-state index contributed by atoms with van der Waals surface area (Å²) in [7, 11) is 0. The van der Waals surface area contributed by atoms with E-state index in [4.69, 9.17) is 12.2 Å². The van der Waals surface area contributed by atoms with Crippen LogP contribution in [0.25, 0.3) is 16.7 Å². The van der Waals surface area contributed by atoms with Crippen LogP contribution >= 0.6 is 82.4 Å². The highest BCUT2D eigenvalue weighted by atomic mass is 32.2. The molecule has 0 aliphatic carbocycles. The van der Waals surface area contributed by atoms with E-state index in [-0.39, 0.29) is 11.5 Å². The highest BCUT2D eigenvalue weighted by molar-refractivity contribution is 8.31. The molecule has 2 aliphatic heterocycles. The Bertz CT molecular complexity index is 2120. The van der Waals surface area contributed by atoms with E-state index < -0.39 is 0 Å². The lowest BCUT2D eigenvalue weighted by Gasteiger charge is -2.20. The van der Waals surface area contributed by atoms with Crippen molar-refractivity contribution in [3.63, 3.8) is 0 Å². The van der Waals surface area contributed by atoms with Crippen molar-refractivity contribution in [1.29, 1.82) is 0 Å². The topological polar surface area (TPSA) is 45.5 Å². The number of para-hydroxylation sites is 2. The van der Waals surface area contributed by atoms with Crippen molar-refractivity contribution >= 4 is 115 Å². The maximum absolute atomic E-state index is 13.8. The minimum Gasteiger partial charge on any atom is -0.334 e. The van der Waals surface area contributed by atoms with Gasteiger partial charge in [0.2, 0.25) is 0 Å². The third-order valence-electron chi connectivity index (χ3n) is 7.39. The fourth-order valence-corrected chi connectivity index (χ4v) is 10.7. The summed E-state index contributed by atoms with van der Waals surface area (Å²) < 4.78 is 3.15. The van der Waals surface area contributed by atoms with Gasteiger partial charge < -0.3 is 4.90 Å². The van der Waals surface area contributed by atoms with E-state index >= 15 is 0 Å². The average molecular weight is 762 g/mol. The number of hydrogen-bond acceptors (Lipinski definition) is 10. The van der Waals surface area contributed by atoms with Gasteiger partial charge in [-0.15, -0.1) is 34.9 Å². The average Bonchev–Trinajstić information content (AvgIpc) is 3.73. The first kappa shape index (κ1) is 35.0. The number of allylic oxidation sites excluding steroid dienone is 5. The predicted octanol–water partition coefficient (Wildman–Crippen LogP) is 8.23. The Morgan fingerprint density at radius 3 is 2.10 bits per heavy atom. The molecule has 12 heteroatoms. The zero-order valence-corrected chi connectivity index (χ0v) is 32.0. The second-order valence-corrected chi connectivity index (χ2v) is 16.7. The van der Waals surface area contributed by atoms with Crippen LogP contribution < -0.4 is 24.6 Å². The van der Waals surface area contributed by atoms with E-state index in [1.54, 1.807) is 39.9 Å². The Kier molecular flexibility index (Phi) is 11.8. The molecule has 4 aromatic rings. The quantitative estimate of drug-likeness (QED) is 0.0904. The lowest BCUT2D eigenvalue weighted by molar-refractivity contribution is -0.112. The highest BCUT2D eigenvalue weighted by Gasteiger charge is 2.35. The molecule has 6 rings (SSSR count). The largest absolute Gasteiger partial charge is 0.334 e. The smallest absolute Gasteiger partial charge is 0.273 e. The number of anilines is 2. The van der Waals surface area contributed by atoms with Gasteiger partial charge in [-0.25, -0.2) is 0 Å². The first-order valence-corrected chi connectivity index (χ1v) is 21.5. The van der Waals surface area contributed by atoms with Crippen LogP contribution in [-0.4, -0.2) is 45.9 Å². The van der Waals surface area contributed by atoms with Crippen molar-refractivity contribution in [2.75, 3.05) is 40.9 Å². The van der Waals surface area contributed by atoms with E-state index in [1.165, 1.54) is 53.4 Å². The maximum Gasteiger partial charge on any atom is 0.273 e. The zero-order valence-electron chi connectivity index (χ0n) is 26.3. The van der Waals surface area contributed by atoms with Gasteiger partial charge in [-0.1, -0.05) is 96.4 Å². The van der Waals surface area contributed by atoms with E-state index in [2.05, 4.69) is 41.9 Å². The van der Waals surface area contributed by atoms with Crippen molar-refractivity contribution in [2.45, 2.75) is 14.7 Å². The van der Waals surface area contributed by atoms with E-state index in [9.17, 15) is 9.59 Å². The summed E-state index contributed by atoms with van der Waals surface area (Å²) in [6.45, 7) is 0.943. The van der Waals surface area contributed by atoms with Gasteiger partial charge in [-0.2, -0.15) is 11.8 Å². The number of rotatable bonds is 10. The van der Waals surface area contributed by atoms with Crippen LogP contribution in [0.4, 0.5) is 11.4 Å². The third kappa shape index (κ3) is 7.35.